The number of unbranched alkanes of at least 4 members (excludes halogenated alkanes) is 27. The van der Waals surface area contributed by atoms with E-state index >= 15 is 0 Å². The van der Waals surface area contributed by atoms with Crippen molar-refractivity contribution in [3.63, 3.8) is 0 Å². The minimum atomic E-state index is -0.0427. The van der Waals surface area contributed by atoms with Crippen molar-refractivity contribution in [3.8, 4) is 11.5 Å². The molecule has 1 aromatic rings. The molecule has 0 spiro atoms. The van der Waals surface area contributed by atoms with Gasteiger partial charge in [0.15, 0.2) is 11.5 Å². The Balaban J connectivity index is 2.36. The molecule has 0 unspecified atom stereocenters. The SMILES string of the molecule is CCCCCCCC/C=C/CCCCCCCCOc1ccc(C(=O)NCCCCNCCCCNCCCCN)cc1OCCCCCCCC/C=C/CCCCCCCC. The van der Waals surface area contributed by atoms with Gasteiger partial charge < -0.3 is 31.2 Å². The highest BCUT2D eigenvalue weighted by Gasteiger charge is 2.12. The van der Waals surface area contributed by atoms with Gasteiger partial charge in [-0.15, -0.1) is 0 Å². The average molecular weight is 867 g/mol. The van der Waals surface area contributed by atoms with E-state index in [2.05, 4.69) is 54.1 Å². The van der Waals surface area contributed by atoms with Crippen LogP contribution in [0.4, 0.5) is 0 Å². The molecule has 0 fully saturated rings. The molecule has 0 saturated carbocycles. The fourth-order valence-electron chi connectivity index (χ4n) is 7.77. The number of hydrogen-bond acceptors (Lipinski definition) is 6. The molecule has 1 rings (SSSR count). The van der Waals surface area contributed by atoms with Gasteiger partial charge in [-0.25, -0.2) is 0 Å². The average Bonchev–Trinajstić information content (AvgIpc) is 3.28. The molecule has 0 aliphatic heterocycles. The standard InChI is InChI=1S/C55H102N4O3/c1-3-5-7-9-11-13-15-17-19-21-23-25-27-29-31-39-49-61-53-42-41-52(55(60)59-48-38-37-47-58-46-36-35-45-57-44-34-33-43-56)51-54(53)62-50-40-32-30-28-26-24-22-20-18-16-14-12-10-8-6-4-2/h17-20,41-42,51,57-58H,3-16,21-40,43-50,56H2,1-2H3,(H,59,60)/b19-17+,20-18+. The summed E-state index contributed by atoms with van der Waals surface area (Å²) in [5, 5.41) is 10.2. The number of nitrogens with one attached hydrogen (secondary N) is 3. The van der Waals surface area contributed by atoms with E-state index in [1.807, 2.05) is 18.2 Å². The monoisotopic (exact) mass is 867 g/mol. The van der Waals surface area contributed by atoms with Gasteiger partial charge in [0, 0.05) is 12.1 Å². The number of amides is 1. The Kier molecular flexibility index (Phi) is 44.8. The number of ether oxygens (including phenoxy) is 2. The molecule has 7 heteroatoms. The third kappa shape index (κ3) is 39.3. The summed E-state index contributed by atoms with van der Waals surface area (Å²) >= 11 is 0. The van der Waals surface area contributed by atoms with E-state index < -0.39 is 0 Å². The quantitative estimate of drug-likeness (QED) is 0.0385. The Labute approximate surface area is 384 Å². The second kappa shape index (κ2) is 48.1. The third-order valence-corrected chi connectivity index (χ3v) is 11.9. The van der Waals surface area contributed by atoms with Crippen LogP contribution in [0.15, 0.2) is 42.5 Å². The van der Waals surface area contributed by atoms with Crippen molar-refractivity contribution in [1.82, 2.24) is 16.0 Å². The van der Waals surface area contributed by atoms with Gasteiger partial charge in [0.2, 0.25) is 0 Å². The molecule has 0 aromatic heterocycles. The predicted molar refractivity (Wildman–Crippen MR) is 271 cm³/mol. The zero-order valence-electron chi connectivity index (χ0n) is 41.0. The number of nitrogens with two attached hydrogens (primary N) is 1. The van der Waals surface area contributed by atoms with Crippen LogP contribution in [0.1, 0.15) is 243 Å². The Hall–Kier alpha value is -2.35. The lowest BCUT2D eigenvalue weighted by Crippen LogP contribution is -2.25. The highest BCUT2D eigenvalue weighted by molar-refractivity contribution is 5.94. The van der Waals surface area contributed by atoms with Crippen molar-refractivity contribution in [2.45, 2.75) is 232 Å². The second-order valence-electron chi connectivity index (χ2n) is 17.9. The Bertz CT molecular complexity index is 1140. The highest BCUT2D eigenvalue weighted by atomic mass is 16.5. The fourth-order valence-corrected chi connectivity index (χ4v) is 7.77. The van der Waals surface area contributed by atoms with E-state index in [1.165, 1.54) is 180 Å². The zero-order chi connectivity index (χ0) is 44.5. The van der Waals surface area contributed by atoms with Gasteiger partial charge >= 0.3 is 0 Å². The van der Waals surface area contributed by atoms with Gasteiger partial charge in [0.25, 0.3) is 5.91 Å². The molecular weight excluding hydrogens is 765 g/mol. The first-order valence-corrected chi connectivity index (χ1v) is 26.8. The Morgan fingerprint density at radius 2 is 0.823 bits per heavy atom. The molecule has 1 aromatic carbocycles. The molecule has 0 bridgehead atoms. The summed E-state index contributed by atoms with van der Waals surface area (Å²) in [6.45, 7) is 11.5. The van der Waals surface area contributed by atoms with E-state index in [0.29, 0.717) is 31.1 Å². The minimum absolute atomic E-state index is 0.0427. The van der Waals surface area contributed by atoms with Gasteiger partial charge in [-0.2, -0.15) is 0 Å². The van der Waals surface area contributed by atoms with Crippen LogP contribution in [0, 0.1) is 0 Å². The summed E-state index contributed by atoms with van der Waals surface area (Å²) in [6.07, 6.45) is 52.4. The van der Waals surface area contributed by atoms with Crippen molar-refractivity contribution < 1.29 is 14.3 Å². The predicted octanol–water partition coefficient (Wildman–Crippen LogP) is 14.7. The summed E-state index contributed by atoms with van der Waals surface area (Å²) < 4.78 is 12.6. The lowest BCUT2D eigenvalue weighted by molar-refractivity contribution is 0.0952. The molecule has 5 N–H and O–H groups in total. The maximum absolute atomic E-state index is 13.1. The minimum Gasteiger partial charge on any atom is -0.490 e. The van der Waals surface area contributed by atoms with E-state index in [1.54, 1.807) is 0 Å². The Morgan fingerprint density at radius 1 is 0.452 bits per heavy atom. The van der Waals surface area contributed by atoms with Gasteiger partial charge in [0.05, 0.1) is 13.2 Å². The molecule has 360 valence electrons. The van der Waals surface area contributed by atoms with Crippen LogP contribution in [0.2, 0.25) is 0 Å². The van der Waals surface area contributed by atoms with Crippen LogP contribution in [0.3, 0.4) is 0 Å². The molecule has 0 aliphatic rings. The second-order valence-corrected chi connectivity index (χ2v) is 17.9. The number of benzene rings is 1. The Morgan fingerprint density at radius 3 is 1.26 bits per heavy atom. The van der Waals surface area contributed by atoms with E-state index in [4.69, 9.17) is 15.2 Å². The van der Waals surface area contributed by atoms with Gasteiger partial charge in [-0.1, -0.05) is 154 Å². The van der Waals surface area contributed by atoms with Crippen LogP contribution in [-0.4, -0.2) is 58.4 Å². The summed E-state index contributed by atoms with van der Waals surface area (Å²) in [6, 6.07) is 5.71. The van der Waals surface area contributed by atoms with E-state index in [-0.39, 0.29) is 5.91 Å². The largest absolute Gasteiger partial charge is 0.490 e. The van der Waals surface area contributed by atoms with Crippen LogP contribution in [-0.2, 0) is 0 Å². The highest BCUT2D eigenvalue weighted by Crippen LogP contribution is 2.29. The van der Waals surface area contributed by atoms with Gasteiger partial charge in [0.1, 0.15) is 0 Å². The maximum Gasteiger partial charge on any atom is 0.251 e. The molecular formula is C55H102N4O3. The first-order valence-electron chi connectivity index (χ1n) is 26.8. The maximum atomic E-state index is 13.1. The fraction of sp³-hybridized carbons (Fsp3) is 0.800. The smallest absolute Gasteiger partial charge is 0.251 e. The molecule has 1 amide bonds. The van der Waals surface area contributed by atoms with Crippen molar-refractivity contribution >= 4 is 5.91 Å². The number of carbonyl (C=O) groups is 1. The first-order chi connectivity index (χ1) is 30.7. The van der Waals surface area contributed by atoms with Crippen molar-refractivity contribution in [3.05, 3.63) is 48.1 Å². The number of carbonyl (C=O) groups excluding carboxylic acids is 1. The van der Waals surface area contributed by atoms with Crippen LogP contribution in [0.25, 0.3) is 0 Å². The van der Waals surface area contributed by atoms with E-state index in [9.17, 15) is 4.79 Å². The van der Waals surface area contributed by atoms with Crippen LogP contribution < -0.4 is 31.2 Å². The topological polar surface area (TPSA) is 97.6 Å². The molecule has 62 heavy (non-hydrogen) atoms. The van der Waals surface area contributed by atoms with Gasteiger partial charge in [-0.3, -0.25) is 4.79 Å². The van der Waals surface area contributed by atoms with Crippen molar-refractivity contribution in [1.29, 1.82) is 0 Å². The molecule has 0 aliphatic carbocycles. The summed E-state index contributed by atoms with van der Waals surface area (Å²) in [5.74, 6) is 1.41. The normalized spacial score (nSPS) is 11.7. The van der Waals surface area contributed by atoms with Crippen molar-refractivity contribution in [2.24, 2.45) is 5.73 Å². The van der Waals surface area contributed by atoms with Crippen LogP contribution >= 0.6 is 0 Å². The lowest BCUT2D eigenvalue weighted by Gasteiger charge is -2.15. The molecule has 0 radical (unpaired) electrons. The zero-order valence-corrected chi connectivity index (χ0v) is 41.0. The summed E-state index contributed by atoms with van der Waals surface area (Å²) in [7, 11) is 0. The number of rotatable bonds is 49. The number of hydrogen-bond donors (Lipinski definition) is 4. The summed E-state index contributed by atoms with van der Waals surface area (Å²) in [4.78, 5) is 13.1. The summed E-state index contributed by atoms with van der Waals surface area (Å²) in [5.41, 5.74) is 6.20. The molecule has 0 saturated heterocycles. The van der Waals surface area contributed by atoms with Crippen molar-refractivity contribution in [2.75, 3.05) is 52.5 Å². The third-order valence-electron chi connectivity index (χ3n) is 11.9. The molecule has 0 heterocycles. The van der Waals surface area contributed by atoms with Crippen LogP contribution in [0.5, 0.6) is 11.5 Å². The van der Waals surface area contributed by atoms with E-state index in [0.717, 1.165) is 77.0 Å². The number of allylic oxidation sites excluding steroid dienone is 4. The molecule has 0 atom stereocenters. The molecule has 7 nitrogen and oxygen atoms in total. The first kappa shape index (κ1) is 57.7. The lowest BCUT2D eigenvalue weighted by atomic mass is 10.1. The van der Waals surface area contributed by atoms with Gasteiger partial charge in [-0.05, 0) is 154 Å².